The minimum atomic E-state index is -3.40. The SMILES string of the molecule is CC(C)(C)OC(=O)N(C(=O)OC(C)(C)C)c1ncc(-c2ccc(S(=O)(=O)C3CC3)cc2)nc1-c1cc(-c2ccc(CN=C(N)N)cc2)no1. The smallest absolute Gasteiger partial charge is 0.425 e. The van der Waals surface area contributed by atoms with Gasteiger partial charge >= 0.3 is 12.2 Å². The number of benzene rings is 2. The zero-order valence-electron chi connectivity index (χ0n) is 28.1. The summed E-state index contributed by atoms with van der Waals surface area (Å²) in [5, 5.41) is 3.86. The van der Waals surface area contributed by atoms with Crippen molar-refractivity contribution in [3.63, 3.8) is 0 Å². The first-order valence-corrected chi connectivity index (χ1v) is 17.1. The van der Waals surface area contributed by atoms with Crippen LogP contribution in [0.2, 0.25) is 0 Å². The summed E-state index contributed by atoms with van der Waals surface area (Å²) in [5.41, 5.74) is 11.7. The third-order valence-corrected chi connectivity index (χ3v) is 9.27. The fraction of sp³-hybridized carbons (Fsp3) is 0.353. The summed E-state index contributed by atoms with van der Waals surface area (Å²) >= 11 is 0. The first-order chi connectivity index (χ1) is 22.9. The summed E-state index contributed by atoms with van der Waals surface area (Å²) in [6.07, 6.45) is 0.560. The van der Waals surface area contributed by atoms with E-state index in [0.717, 1.165) is 5.56 Å². The van der Waals surface area contributed by atoms with E-state index in [1.54, 1.807) is 59.7 Å². The average molecular weight is 690 g/mol. The zero-order valence-corrected chi connectivity index (χ0v) is 28.9. The number of nitrogens with zero attached hydrogens (tertiary/aromatic N) is 5. The molecule has 14 nitrogen and oxygen atoms in total. The van der Waals surface area contributed by atoms with Gasteiger partial charge in [0.1, 0.15) is 16.9 Å². The highest BCUT2D eigenvalue weighted by molar-refractivity contribution is 7.92. The standard InChI is InChI=1S/C34H39N7O7S/c1-33(2,3)46-31(42)41(32(43)47-34(4,5)6)29-28(27-17-25(40-48-27)21-9-7-20(8-10-21)18-38-30(35)36)39-26(19-37-29)22-11-13-23(14-12-22)49(44,45)24-15-16-24/h7-14,17,19,24H,15-16,18H2,1-6H3,(H4,35,36,38). The summed E-state index contributed by atoms with van der Waals surface area (Å²) < 4.78 is 42.4. The monoisotopic (exact) mass is 689 g/mol. The Morgan fingerprint density at radius 3 is 1.98 bits per heavy atom. The van der Waals surface area contributed by atoms with Crippen molar-refractivity contribution in [2.45, 2.75) is 82.3 Å². The molecule has 1 fully saturated rings. The van der Waals surface area contributed by atoms with Crippen molar-refractivity contribution in [2.75, 3.05) is 4.90 Å². The lowest BCUT2D eigenvalue weighted by molar-refractivity contribution is 0.0429. The van der Waals surface area contributed by atoms with Gasteiger partial charge in [-0.2, -0.15) is 4.90 Å². The van der Waals surface area contributed by atoms with Gasteiger partial charge in [-0.05, 0) is 72.1 Å². The predicted molar refractivity (Wildman–Crippen MR) is 183 cm³/mol. The Morgan fingerprint density at radius 1 is 0.898 bits per heavy atom. The van der Waals surface area contributed by atoms with E-state index in [1.807, 2.05) is 24.3 Å². The number of anilines is 1. The Bertz CT molecular complexity index is 1960. The van der Waals surface area contributed by atoms with Gasteiger partial charge in [-0.1, -0.05) is 41.6 Å². The van der Waals surface area contributed by atoms with E-state index in [4.69, 9.17) is 30.4 Å². The van der Waals surface area contributed by atoms with Gasteiger partial charge in [-0.25, -0.2) is 33.0 Å². The van der Waals surface area contributed by atoms with E-state index in [9.17, 15) is 18.0 Å². The van der Waals surface area contributed by atoms with Crippen LogP contribution in [0.3, 0.4) is 0 Å². The van der Waals surface area contributed by atoms with Crippen LogP contribution in [0.15, 0.2) is 75.2 Å². The number of carbonyl (C=O) groups excluding carboxylic acids is 2. The Hall–Kier alpha value is -5.31. The second kappa shape index (κ2) is 13.3. The van der Waals surface area contributed by atoms with Crippen LogP contribution < -0.4 is 16.4 Å². The summed E-state index contributed by atoms with van der Waals surface area (Å²) in [5.74, 6) is -0.167. The molecule has 2 heterocycles. The van der Waals surface area contributed by atoms with E-state index in [1.165, 1.54) is 18.3 Å². The molecule has 2 aromatic carbocycles. The number of amides is 2. The molecular weight excluding hydrogens is 650 g/mol. The third-order valence-electron chi connectivity index (χ3n) is 7.00. The third kappa shape index (κ3) is 8.59. The molecule has 5 rings (SSSR count). The number of guanidine groups is 1. The number of aromatic nitrogens is 3. The van der Waals surface area contributed by atoms with E-state index < -0.39 is 33.2 Å². The summed E-state index contributed by atoms with van der Waals surface area (Å²) in [4.78, 5) is 41.3. The maximum Gasteiger partial charge on any atom is 0.425 e. The van der Waals surface area contributed by atoms with Gasteiger partial charge in [-0.15, -0.1) is 0 Å². The van der Waals surface area contributed by atoms with Crippen LogP contribution in [0.5, 0.6) is 0 Å². The molecule has 0 radical (unpaired) electrons. The van der Waals surface area contributed by atoms with Crippen LogP contribution >= 0.6 is 0 Å². The summed E-state index contributed by atoms with van der Waals surface area (Å²) in [6.45, 7) is 10.3. The zero-order chi connectivity index (χ0) is 35.7. The van der Waals surface area contributed by atoms with Gasteiger partial charge in [0.05, 0.1) is 28.6 Å². The Balaban J connectivity index is 1.60. The highest BCUT2D eigenvalue weighted by Gasteiger charge is 2.38. The Kier molecular flexibility index (Phi) is 9.50. The van der Waals surface area contributed by atoms with Crippen LogP contribution in [0.1, 0.15) is 59.9 Å². The Morgan fingerprint density at radius 2 is 1.45 bits per heavy atom. The minimum Gasteiger partial charge on any atom is -0.443 e. The van der Waals surface area contributed by atoms with Crippen LogP contribution in [0.4, 0.5) is 15.4 Å². The lowest BCUT2D eigenvalue weighted by atomic mass is 10.1. The molecule has 0 atom stereocenters. The van der Waals surface area contributed by atoms with Crippen molar-refractivity contribution in [1.29, 1.82) is 0 Å². The maximum atomic E-state index is 13.6. The van der Waals surface area contributed by atoms with Crippen molar-refractivity contribution in [1.82, 2.24) is 15.1 Å². The van der Waals surface area contributed by atoms with Gasteiger partial charge < -0.3 is 25.5 Å². The lowest BCUT2D eigenvalue weighted by Crippen LogP contribution is -2.44. The van der Waals surface area contributed by atoms with Crippen LogP contribution in [-0.4, -0.2) is 58.1 Å². The molecule has 1 aliphatic carbocycles. The van der Waals surface area contributed by atoms with E-state index in [2.05, 4.69) is 15.1 Å². The molecule has 15 heteroatoms. The number of nitrogens with two attached hydrogens (primary N) is 2. The number of imide groups is 1. The number of carbonyl (C=O) groups is 2. The van der Waals surface area contributed by atoms with Gasteiger partial charge in [0.15, 0.2) is 33.1 Å². The van der Waals surface area contributed by atoms with Gasteiger partial charge in [0, 0.05) is 17.2 Å². The van der Waals surface area contributed by atoms with Gasteiger partial charge in [0.2, 0.25) is 0 Å². The minimum absolute atomic E-state index is 0.0181. The molecule has 258 valence electrons. The second-order valence-corrected chi connectivity index (χ2v) is 15.7. The van der Waals surface area contributed by atoms with Crippen LogP contribution in [-0.2, 0) is 25.9 Å². The molecule has 4 aromatic rings. The van der Waals surface area contributed by atoms with E-state index in [0.29, 0.717) is 46.8 Å². The molecule has 0 spiro atoms. The average Bonchev–Trinajstić information content (AvgIpc) is 3.77. The van der Waals surface area contributed by atoms with Crippen molar-refractivity contribution < 1.29 is 32.0 Å². The fourth-order valence-electron chi connectivity index (χ4n) is 4.59. The molecule has 1 saturated carbocycles. The normalized spacial score (nSPS) is 13.4. The molecule has 2 aromatic heterocycles. The number of hydrogen-bond acceptors (Lipinski definition) is 11. The number of sulfone groups is 1. The van der Waals surface area contributed by atoms with Gasteiger partial charge in [0.25, 0.3) is 0 Å². The first kappa shape index (κ1) is 35.0. The highest BCUT2D eigenvalue weighted by atomic mass is 32.2. The first-order valence-electron chi connectivity index (χ1n) is 15.5. The number of aliphatic imine (C=N–C) groups is 1. The molecule has 0 bridgehead atoms. The number of hydrogen-bond donors (Lipinski definition) is 2. The predicted octanol–water partition coefficient (Wildman–Crippen LogP) is 5.85. The Labute approximate surface area is 284 Å². The van der Waals surface area contributed by atoms with Crippen molar-refractivity contribution in [3.05, 3.63) is 66.4 Å². The van der Waals surface area contributed by atoms with E-state index in [-0.39, 0.29) is 33.4 Å². The molecule has 49 heavy (non-hydrogen) atoms. The molecular formula is C34H39N7O7S. The lowest BCUT2D eigenvalue weighted by Gasteiger charge is -2.28. The van der Waals surface area contributed by atoms with E-state index >= 15 is 0 Å². The molecule has 2 amide bonds. The number of rotatable bonds is 8. The van der Waals surface area contributed by atoms with Gasteiger partial charge in [-0.3, -0.25) is 0 Å². The maximum absolute atomic E-state index is 13.6. The molecule has 4 N–H and O–H groups in total. The van der Waals surface area contributed by atoms with Crippen LogP contribution in [0, 0.1) is 0 Å². The molecule has 1 aliphatic rings. The molecule has 0 saturated heterocycles. The fourth-order valence-corrected chi connectivity index (χ4v) is 6.24. The summed E-state index contributed by atoms with van der Waals surface area (Å²) in [7, 11) is -3.40. The number of ether oxygens (including phenoxy) is 2. The van der Waals surface area contributed by atoms with Crippen molar-refractivity contribution >= 4 is 33.8 Å². The topological polar surface area (TPSA) is 206 Å². The second-order valence-electron chi connectivity index (χ2n) is 13.5. The van der Waals surface area contributed by atoms with Crippen molar-refractivity contribution in [3.8, 4) is 34.0 Å². The largest absolute Gasteiger partial charge is 0.443 e. The highest BCUT2D eigenvalue weighted by Crippen LogP contribution is 2.36. The van der Waals surface area contributed by atoms with Crippen molar-refractivity contribution in [2.24, 2.45) is 16.5 Å². The molecule has 0 unspecified atom stereocenters. The van der Waals surface area contributed by atoms with Crippen LogP contribution in [0.25, 0.3) is 34.0 Å². The summed E-state index contributed by atoms with van der Waals surface area (Å²) in [6, 6.07) is 15.2. The molecule has 0 aliphatic heterocycles. The quantitative estimate of drug-likeness (QED) is 0.165.